The molecule has 2 aliphatic rings. The number of sulfone groups is 1. The van der Waals surface area contributed by atoms with Crippen LogP contribution in [0.4, 0.5) is 0 Å². The van der Waals surface area contributed by atoms with E-state index in [1.807, 2.05) is 0 Å². The Balaban J connectivity index is 2.21. The molecule has 1 atom stereocenters. The van der Waals surface area contributed by atoms with Gasteiger partial charge in [0.2, 0.25) is 5.91 Å². The zero-order valence-corrected chi connectivity index (χ0v) is 11.5. The van der Waals surface area contributed by atoms with Gasteiger partial charge < -0.3 is 10.6 Å². The van der Waals surface area contributed by atoms with Crippen molar-refractivity contribution >= 4 is 27.5 Å². The van der Waals surface area contributed by atoms with E-state index in [1.165, 1.54) is 4.90 Å². The van der Waals surface area contributed by atoms with Crippen molar-refractivity contribution in [1.82, 2.24) is 4.90 Å². The van der Waals surface area contributed by atoms with Crippen LogP contribution in [0.1, 0.15) is 19.8 Å². The van der Waals surface area contributed by atoms with E-state index < -0.39 is 20.8 Å². The lowest BCUT2D eigenvalue weighted by atomic mass is 10.2. The summed E-state index contributed by atoms with van der Waals surface area (Å²) in [7, 11) is -3.22. The van der Waals surface area contributed by atoms with Crippen LogP contribution >= 0.6 is 11.8 Å². The quantitative estimate of drug-likeness (QED) is 0.774. The molecule has 0 aromatic carbocycles. The first kappa shape index (κ1) is 13.2. The van der Waals surface area contributed by atoms with Gasteiger partial charge in [0, 0.05) is 23.8 Å². The topological polar surface area (TPSA) is 80.5 Å². The summed E-state index contributed by atoms with van der Waals surface area (Å²) in [4.78, 5) is 13.7. The maximum Gasteiger partial charge on any atom is 0.243 e. The van der Waals surface area contributed by atoms with E-state index in [9.17, 15) is 13.2 Å². The lowest BCUT2D eigenvalue weighted by Gasteiger charge is -2.36. The largest absolute Gasteiger partial charge is 0.322 e. The number of nitrogens with two attached hydrogens (primary N) is 1. The van der Waals surface area contributed by atoms with Crippen LogP contribution in [-0.2, 0) is 14.6 Å². The van der Waals surface area contributed by atoms with Gasteiger partial charge in [-0.05, 0) is 12.8 Å². The maximum absolute atomic E-state index is 12.2. The second kappa shape index (κ2) is 4.44. The number of hydrogen-bond donors (Lipinski definition) is 1. The van der Waals surface area contributed by atoms with Crippen molar-refractivity contribution in [2.75, 3.05) is 23.8 Å². The molecule has 0 radical (unpaired) electrons. The summed E-state index contributed by atoms with van der Waals surface area (Å²) in [5.41, 5.74) is 5.10. The summed E-state index contributed by atoms with van der Waals surface area (Å²) in [6.07, 6.45) is 1.35. The molecule has 1 unspecified atom stereocenters. The average Bonchev–Trinajstić information content (AvgIpc) is 3.08. The maximum atomic E-state index is 12.2. The van der Waals surface area contributed by atoms with Crippen LogP contribution in [0, 0.1) is 0 Å². The van der Waals surface area contributed by atoms with Crippen LogP contribution in [0.25, 0.3) is 0 Å². The highest BCUT2D eigenvalue weighted by Crippen LogP contribution is 2.36. The lowest BCUT2D eigenvalue weighted by molar-refractivity contribution is -0.134. The first-order valence-corrected chi connectivity index (χ1v) is 8.67. The Bertz CT molecular complexity index is 417. The SMILES string of the molecule is CCS(=O)(=O)C1CSCCN1C(=O)C1(N)CC1. The fraction of sp³-hybridized carbons (Fsp3) is 0.900. The van der Waals surface area contributed by atoms with Gasteiger partial charge in [0.25, 0.3) is 0 Å². The fourth-order valence-electron chi connectivity index (χ4n) is 1.94. The van der Waals surface area contributed by atoms with E-state index in [0.29, 0.717) is 25.1 Å². The highest BCUT2D eigenvalue weighted by Gasteiger charge is 2.51. The second-order valence-electron chi connectivity index (χ2n) is 4.64. The van der Waals surface area contributed by atoms with Crippen molar-refractivity contribution in [3.63, 3.8) is 0 Å². The molecule has 1 saturated carbocycles. The van der Waals surface area contributed by atoms with Gasteiger partial charge in [-0.2, -0.15) is 11.8 Å². The molecule has 0 spiro atoms. The zero-order valence-electron chi connectivity index (χ0n) is 9.89. The molecule has 1 saturated heterocycles. The molecular formula is C10H18N2O3S2. The van der Waals surface area contributed by atoms with Crippen molar-refractivity contribution in [3.05, 3.63) is 0 Å². The van der Waals surface area contributed by atoms with Gasteiger partial charge >= 0.3 is 0 Å². The third-order valence-electron chi connectivity index (χ3n) is 3.38. The van der Waals surface area contributed by atoms with E-state index in [1.54, 1.807) is 18.7 Å². The van der Waals surface area contributed by atoms with Crippen molar-refractivity contribution in [2.24, 2.45) is 5.73 Å². The summed E-state index contributed by atoms with van der Waals surface area (Å²) in [5, 5.41) is -0.681. The molecule has 5 nitrogen and oxygen atoms in total. The minimum Gasteiger partial charge on any atom is -0.322 e. The lowest BCUT2D eigenvalue weighted by Crippen LogP contribution is -2.56. The van der Waals surface area contributed by atoms with Gasteiger partial charge in [-0.25, -0.2) is 8.42 Å². The predicted molar refractivity (Wildman–Crippen MR) is 68.4 cm³/mol. The Morgan fingerprint density at radius 2 is 2.18 bits per heavy atom. The highest BCUT2D eigenvalue weighted by molar-refractivity contribution is 8.01. The highest BCUT2D eigenvalue weighted by atomic mass is 32.2. The Hall–Kier alpha value is -0.270. The smallest absolute Gasteiger partial charge is 0.243 e. The number of nitrogens with zero attached hydrogens (tertiary/aromatic N) is 1. The molecule has 0 bridgehead atoms. The number of hydrogen-bond acceptors (Lipinski definition) is 5. The Labute approximate surface area is 106 Å². The van der Waals surface area contributed by atoms with E-state index in [0.717, 1.165) is 5.75 Å². The molecular weight excluding hydrogens is 260 g/mol. The molecule has 17 heavy (non-hydrogen) atoms. The number of carbonyl (C=O) groups is 1. The van der Waals surface area contributed by atoms with E-state index >= 15 is 0 Å². The number of carbonyl (C=O) groups excluding carboxylic acids is 1. The van der Waals surface area contributed by atoms with Gasteiger partial charge in [-0.15, -0.1) is 0 Å². The Kier molecular flexibility index (Phi) is 3.44. The van der Waals surface area contributed by atoms with Crippen LogP contribution in [0.3, 0.4) is 0 Å². The third-order valence-corrected chi connectivity index (χ3v) is 6.67. The van der Waals surface area contributed by atoms with Crippen molar-refractivity contribution in [1.29, 1.82) is 0 Å². The summed E-state index contributed by atoms with van der Waals surface area (Å²) in [6.45, 7) is 2.11. The number of rotatable bonds is 3. The summed E-state index contributed by atoms with van der Waals surface area (Å²) >= 11 is 1.58. The molecule has 2 fully saturated rings. The predicted octanol–water partition coefficient (Wildman–Crippen LogP) is -0.186. The molecule has 2 rings (SSSR count). The normalized spacial score (nSPS) is 27.9. The first-order valence-electron chi connectivity index (χ1n) is 5.80. The first-order chi connectivity index (χ1) is 7.91. The molecule has 7 heteroatoms. The second-order valence-corrected chi connectivity index (χ2v) is 8.23. The Morgan fingerprint density at radius 3 is 2.71 bits per heavy atom. The monoisotopic (exact) mass is 278 g/mol. The van der Waals surface area contributed by atoms with Crippen molar-refractivity contribution < 1.29 is 13.2 Å². The van der Waals surface area contributed by atoms with Gasteiger partial charge in [0.15, 0.2) is 9.84 Å². The van der Waals surface area contributed by atoms with Crippen molar-refractivity contribution in [3.8, 4) is 0 Å². The third kappa shape index (κ3) is 2.46. The minimum atomic E-state index is -3.22. The van der Waals surface area contributed by atoms with Crippen LogP contribution in [0.5, 0.6) is 0 Å². The molecule has 1 amide bonds. The van der Waals surface area contributed by atoms with E-state index in [4.69, 9.17) is 5.73 Å². The average molecular weight is 278 g/mol. The van der Waals surface area contributed by atoms with Crippen molar-refractivity contribution in [2.45, 2.75) is 30.7 Å². The standard InChI is InChI=1S/C10H18N2O3S2/c1-2-17(14,15)8-7-16-6-5-12(8)9(13)10(11)3-4-10/h8H,2-7,11H2,1H3. The molecule has 1 aliphatic carbocycles. The number of thioether (sulfide) groups is 1. The van der Waals surface area contributed by atoms with Crippen LogP contribution < -0.4 is 5.73 Å². The molecule has 2 N–H and O–H groups in total. The molecule has 0 aromatic heterocycles. The van der Waals surface area contributed by atoms with Gasteiger partial charge in [-0.1, -0.05) is 6.92 Å². The number of amides is 1. The van der Waals surface area contributed by atoms with E-state index in [-0.39, 0.29) is 11.7 Å². The Morgan fingerprint density at radius 1 is 1.53 bits per heavy atom. The van der Waals surface area contributed by atoms with E-state index in [2.05, 4.69) is 0 Å². The molecule has 98 valence electrons. The van der Waals surface area contributed by atoms with Crippen LogP contribution in [0.15, 0.2) is 0 Å². The summed E-state index contributed by atoms with van der Waals surface area (Å²) in [5.74, 6) is 1.15. The summed E-state index contributed by atoms with van der Waals surface area (Å²) in [6, 6.07) is 0. The van der Waals surface area contributed by atoms with Gasteiger partial charge in [0.05, 0.1) is 5.54 Å². The zero-order chi connectivity index (χ0) is 12.7. The summed E-state index contributed by atoms with van der Waals surface area (Å²) < 4.78 is 23.9. The fourth-order valence-corrected chi connectivity index (χ4v) is 4.90. The van der Waals surface area contributed by atoms with Crippen LogP contribution in [0.2, 0.25) is 0 Å². The molecule has 1 aliphatic heterocycles. The van der Waals surface area contributed by atoms with Crippen LogP contribution in [-0.4, -0.2) is 53.9 Å². The van der Waals surface area contributed by atoms with Gasteiger partial charge in [-0.3, -0.25) is 4.79 Å². The van der Waals surface area contributed by atoms with Gasteiger partial charge in [0.1, 0.15) is 5.37 Å². The molecule has 0 aromatic rings. The minimum absolute atomic E-state index is 0.0690. The molecule has 1 heterocycles.